The highest BCUT2D eigenvalue weighted by atomic mass is 16.2. The standard InChI is InChI=1S/C10H17N3O2/c1-10(2,6-11)7-5-8(14)13(4)9(15)12(7)3/h5H,6,11H2,1-4H3. The van der Waals surface area contributed by atoms with Gasteiger partial charge in [-0.05, 0) is 0 Å². The van der Waals surface area contributed by atoms with E-state index >= 15 is 0 Å². The number of hydrogen-bond donors (Lipinski definition) is 1. The van der Waals surface area contributed by atoms with Gasteiger partial charge in [0.1, 0.15) is 0 Å². The first-order valence-corrected chi connectivity index (χ1v) is 4.79. The molecule has 5 nitrogen and oxygen atoms in total. The highest BCUT2D eigenvalue weighted by Gasteiger charge is 2.23. The fraction of sp³-hybridized carbons (Fsp3) is 0.600. The molecule has 84 valence electrons. The second-order valence-electron chi connectivity index (χ2n) is 4.36. The molecular formula is C10H17N3O2. The molecule has 0 aliphatic heterocycles. The van der Waals surface area contributed by atoms with Gasteiger partial charge in [-0.2, -0.15) is 0 Å². The smallest absolute Gasteiger partial charge is 0.330 e. The lowest BCUT2D eigenvalue weighted by Gasteiger charge is -2.25. The van der Waals surface area contributed by atoms with Crippen LogP contribution in [0.15, 0.2) is 15.7 Å². The van der Waals surface area contributed by atoms with Gasteiger partial charge in [-0.1, -0.05) is 13.8 Å². The lowest BCUT2D eigenvalue weighted by Crippen LogP contribution is -2.43. The van der Waals surface area contributed by atoms with Crippen LogP contribution in [0, 0.1) is 0 Å². The van der Waals surface area contributed by atoms with Gasteiger partial charge in [0.25, 0.3) is 5.56 Å². The normalized spacial score (nSPS) is 11.8. The van der Waals surface area contributed by atoms with Crippen LogP contribution in [0.3, 0.4) is 0 Å². The van der Waals surface area contributed by atoms with Crippen LogP contribution in [0.2, 0.25) is 0 Å². The van der Waals surface area contributed by atoms with Crippen molar-refractivity contribution in [1.29, 1.82) is 0 Å². The van der Waals surface area contributed by atoms with Crippen LogP contribution >= 0.6 is 0 Å². The van der Waals surface area contributed by atoms with Crippen molar-refractivity contribution in [2.45, 2.75) is 19.3 Å². The molecule has 1 rings (SSSR count). The monoisotopic (exact) mass is 211 g/mol. The topological polar surface area (TPSA) is 70.0 Å². The van der Waals surface area contributed by atoms with Crippen molar-refractivity contribution >= 4 is 0 Å². The van der Waals surface area contributed by atoms with E-state index in [0.29, 0.717) is 12.2 Å². The van der Waals surface area contributed by atoms with Crippen LogP contribution in [0.4, 0.5) is 0 Å². The quantitative estimate of drug-likeness (QED) is 0.704. The Kier molecular flexibility index (Phi) is 2.86. The molecule has 15 heavy (non-hydrogen) atoms. The fourth-order valence-corrected chi connectivity index (χ4v) is 1.49. The summed E-state index contributed by atoms with van der Waals surface area (Å²) in [4.78, 5) is 23.1. The van der Waals surface area contributed by atoms with Crippen LogP contribution in [-0.4, -0.2) is 15.7 Å². The number of rotatable bonds is 2. The number of aromatic nitrogens is 2. The zero-order valence-corrected chi connectivity index (χ0v) is 9.57. The zero-order chi connectivity index (χ0) is 11.8. The van der Waals surface area contributed by atoms with Crippen molar-refractivity contribution in [2.75, 3.05) is 6.54 Å². The van der Waals surface area contributed by atoms with E-state index in [0.717, 1.165) is 4.57 Å². The van der Waals surface area contributed by atoms with Gasteiger partial charge in [0.05, 0.1) is 0 Å². The molecule has 1 heterocycles. The molecule has 0 saturated heterocycles. The van der Waals surface area contributed by atoms with E-state index < -0.39 is 0 Å². The van der Waals surface area contributed by atoms with Gasteiger partial charge in [0, 0.05) is 37.8 Å². The van der Waals surface area contributed by atoms with Crippen LogP contribution in [0.5, 0.6) is 0 Å². The lowest BCUT2D eigenvalue weighted by atomic mass is 9.89. The van der Waals surface area contributed by atoms with E-state index in [9.17, 15) is 9.59 Å². The van der Waals surface area contributed by atoms with Crippen molar-refractivity contribution in [2.24, 2.45) is 19.8 Å². The number of hydrogen-bond acceptors (Lipinski definition) is 3. The van der Waals surface area contributed by atoms with Gasteiger partial charge >= 0.3 is 5.69 Å². The molecule has 0 spiro atoms. The lowest BCUT2D eigenvalue weighted by molar-refractivity contribution is 0.478. The van der Waals surface area contributed by atoms with Crippen LogP contribution in [-0.2, 0) is 19.5 Å². The second kappa shape index (κ2) is 3.66. The summed E-state index contributed by atoms with van der Waals surface area (Å²) >= 11 is 0. The molecule has 0 aliphatic carbocycles. The Morgan fingerprint density at radius 2 is 1.80 bits per heavy atom. The molecule has 0 bridgehead atoms. The SMILES string of the molecule is Cn1c(C(C)(C)CN)cc(=O)n(C)c1=O. The maximum atomic E-state index is 11.7. The number of nitrogens with zero attached hydrogens (tertiary/aromatic N) is 2. The van der Waals surface area contributed by atoms with E-state index in [1.54, 1.807) is 7.05 Å². The Hall–Kier alpha value is -1.36. The summed E-state index contributed by atoms with van der Waals surface area (Å²) in [6.45, 7) is 4.19. The summed E-state index contributed by atoms with van der Waals surface area (Å²) in [6, 6.07) is 1.47. The Labute approximate surface area is 88.1 Å². The molecule has 2 N–H and O–H groups in total. The van der Waals surface area contributed by atoms with E-state index in [1.165, 1.54) is 17.7 Å². The highest BCUT2D eigenvalue weighted by Crippen LogP contribution is 2.18. The molecule has 1 aromatic heterocycles. The summed E-state index contributed by atoms with van der Waals surface area (Å²) in [5.41, 5.74) is 5.30. The minimum atomic E-state index is -0.374. The first-order chi connectivity index (χ1) is 6.81. The van der Waals surface area contributed by atoms with Crippen molar-refractivity contribution in [3.8, 4) is 0 Å². The first-order valence-electron chi connectivity index (χ1n) is 4.79. The fourth-order valence-electron chi connectivity index (χ4n) is 1.49. The Morgan fingerprint density at radius 3 is 2.27 bits per heavy atom. The Morgan fingerprint density at radius 1 is 1.27 bits per heavy atom. The average Bonchev–Trinajstić information content (AvgIpc) is 2.20. The van der Waals surface area contributed by atoms with Crippen molar-refractivity contribution < 1.29 is 0 Å². The van der Waals surface area contributed by atoms with Crippen molar-refractivity contribution in [1.82, 2.24) is 9.13 Å². The van der Waals surface area contributed by atoms with Crippen LogP contribution < -0.4 is 17.0 Å². The zero-order valence-electron chi connectivity index (χ0n) is 9.57. The molecular weight excluding hydrogens is 194 g/mol. The molecule has 1 aromatic rings. The summed E-state index contributed by atoms with van der Waals surface area (Å²) in [6.07, 6.45) is 0. The summed E-state index contributed by atoms with van der Waals surface area (Å²) < 4.78 is 2.55. The number of nitrogens with two attached hydrogens (primary N) is 1. The molecule has 0 saturated carbocycles. The molecule has 0 aliphatic rings. The van der Waals surface area contributed by atoms with E-state index in [1.807, 2.05) is 13.8 Å². The summed E-state index contributed by atoms with van der Waals surface area (Å²) in [7, 11) is 3.11. The van der Waals surface area contributed by atoms with Crippen LogP contribution in [0.25, 0.3) is 0 Å². The van der Waals surface area contributed by atoms with E-state index in [-0.39, 0.29) is 16.7 Å². The minimum absolute atomic E-state index is 0.297. The third-order valence-electron chi connectivity index (χ3n) is 2.73. The molecule has 0 radical (unpaired) electrons. The Bertz CT molecular complexity index is 482. The van der Waals surface area contributed by atoms with Gasteiger partial charge in [0.15, 0.2) is 0 Å². The molecule has 0 unspecified atom stereocenters. The van der Waals surface area contributed by atoms with Gasteiger partial charge in [0.2, 0.25) is 0 Å². The molecule has 0 atom stereocenters. The van der Waals surface area contributed by atoms with E-state index in [2.05, 4.69) is 0 Å². The molecule has 0 aromatic carbocycles. The van der Waals surface area contributed by atoms with E-state index in [4.69, 9.17) is 5.73 Å². The highest BCUT2D eigenvalue weighted by molar-refractivity contribution is 5.14. The van der Waals surface area contributed by atoms with Gasteiger partial charge < -0.3 is 10.3 Å². The molecule has 0 fully saturated rings. The largest absolute Gasteiger partial charge is 0.330 e. The second-order valence-corrected chi connectivity index (χ2v) is 4.36. The third-order valence-corrected chi connectivity index (χ3v) is 2.73. The predicted octanol–water partition coefficient (Wildman–Crippen LogP) is -0.680. The van der Waals surface area contributed by atoms with Gasteiger partial charge in [-0.15, -0.1) is 0 Å². The molecule has 5 heteroatoms. The summed E-state index contributed by atoms with van der Waals surface area (Å²) in [5.74, 6) is 0. The van der Waals surface area contributed by atoms with Gasteiger partial charge in [-0.3, -0.25) is 9.36 Å². The Balaban J connectivity index is 3.60. The maximum Gasteiger partial charge on any atom is 0.330 e. The average molecular weight is 211 g/mol. The predicted molar refractivity (Wildman–Crippen MR) is 59.0 cm³/mol. The third kappa shape index (κ3) is 1.87. The molecule has 0 amide bonds. The summed E-state index contributed by atoms with van der Waals surface area (Å²) in [5, 5.41) is 0. The van der Waals surface area contributed by atoms with Crippen molar-refractivity contribution in [3.05, 3.63) is 32.6 Å². The maximum absolute atomic E-state index is 11.7. The first kappa shape index (κ1) is 11.7. The minimum Gasteiger partial charge on any atom is -0.330 e. The van der Waals surface area contributed by atoms with Crippen LogP contribution in [0.1, 0.15) is 19.5 Å². The van der Waals surface area contributed by atoms with Crippen molar-refractivity contribution in [3.63, 3.8) is 0 Å². The van der Waals surface area contributed by atoms with Gasteiger partial charge in [-0.25, -0.2) is 4.79 Å².